The number of aryl methyl sites for hydroxylation is 2. The van der Waals surface area contributed by atoms with E-state index in [4.69, 9.17) is 9.51 Å². The number of nitrogens with zero attached hydrogens (tertiary/aromatic N) is 3. The molecule has 7 nitrogen and oxygen atoms in total. The average molecular weight is 423 g/mol. The largest absolute Gasteiger partial charge is 0.390 e. The highest BCUT2D eigenvalue weighted by atomic mass is 16.5. The molecule has 1 saturated carbocycles. The molecule has 31 heavy (non-hydrogen) atoms. The van der Waals surface area contributed by atoms with E-state index < -0.39 is 5.60 Å². The molecule has 0 radical (unpaired) electrons. The molecule has 2 fully saturated rings. The van der Waals surface area contributed by atoms with E-state index in [0.717, 1.165) is 78.0 Å². The van der Waals surface area contributed by atoms with Gasteiger partial charge in [-0.1, -0.05) is 11.2 Å². The molecule has 1 aliphatic carbocycles. The number of nitrogens with one attached hydrogen (secondary N) is 1. The predicted molar refractivity (Wildman–Crippen MR) is 118 cm³/mol. The minimum atomic E-state index is -0.595. The Morgan fingerprint density at radius 3 is 2.68 bits per heavy atom. The number of hydrogen-bond donors (Lipinski definition) is 2. The smallest absolute Gasteiger partial charge is 0.220 e. The van der Waals surface area contributed by atoms with Crippen LogP contribution in [0, 0.1) is 13.8 Å². The fourth-order valence-corrected chi connectivity index (χ4v) is 5.28. The van der Waals surface area contributed by atoms with E-state index in [2.05, 4.69) is 33.2 Å². The van der Waals surface area contributed by atoms with Gasteiger partial charge in [0, 0.05) is 18.0 Å². The number of fused-ring (bicyclic) bond motifs is 1. The molecule has 5 rings (SSSR count). The first kappa shape index (κ1) is 20.2. The molecule has 2 N–H and O–H groups in total. The van der Waals surface area contributed by atoms with Gasteiger partial charge in [0.25, 0.3) is 0 Å². The Balaban J connectivity index is 1.61. The Hall–Kier alpha value is -2.67. The molecule has 0 unspecified atom stereocenters. The van der Waals surface area contributed by atoms with Crippen molar-refractivity contribution in [3.05, 3.63) is 35.5 Å². The first-order valence-electron chi connectivity index (χ1n) is 11.3. The van der Waals surface area contributed by atoms with Crippen molar-refractivity contribution in [3.63, 3.8) is 0 Å². The molecule has 3 heterocycles. The third-order valence-corrected chi connectivity index (χ3v) is 6.98. The number of hydrogen-bond acceptors (Lipinski definition) is 5. The van der Waals surface area contributed by atoms with Gasteiger partial charge < -0.3 is 19.5 Å². The first-order chi connectivity index (χ1) is 14.8. The zero-order valence-electron chi connectivity index (χ0n) is 18.4. The van der Waals surface area contributed by atoms with Crippen LogP contribution >= 0.6 is 0 Å². The topological polar surface area (TPSA) is 93.2 Å². The van der Waals surface area contributed by atoms with Crippen molar-refractivity contribution >= 4 is 16.9 Å². The number of benzene rings is 1. The highest BCUT2D eigenvalue weighted by molar-refractivity contribution is 5.84. The van der Waals surface area contributed by atoms with Gasteiger partial charge in [-0.25, -0.2) is 4.98 Å². The Kier molecular flexibility index (Phi) is 4.88. The maximum absolute atomic E-state index is 12.1. The summed E-state index contributed by atoms with van der Waals surface area (Å²) in [6.07, 6.45) is 5.70. The summed E-state index contributed by atoms with van der Waals surface area (Å²) in [5.74, 6) is 1.83. The lowest BCUT2D eigenvalue weighted by Gasteiger charge is -2.35. The van der Waals surface area contributed by atoms with Crippen molar-refractivity contribution in [3.8, 4) is 11.1 Å². The number of carbonyl (C=O) groups excluding carboxylic acids is 1. The second-order valence-corrected chi connectivity index (χ2v) is 9.48. The monoisotopic (exact) mass is 422 g/mol. The lowest BCUT2D eigenvalue weighted by atomic mass is 9.83. The van der Waals surface area contributed by atoms with E-state index in [9.17, 15) is 9.90 Å². The fourth-order valence-electron chi connectivity index (χ4n) is 5.28. The van der Waals surface area contributed by atoms with Gasteiger partial charge in [0.15, 0.2) is 0 Å². The zero-order chi connectivity index (χ0) is 21.8. The lowest BCUT2D eigenvalue weighted by Crippen LogP contribution is -2.36. The molecule has 1 saturated heterocycles. The summed E-state index contributed by atoms with van der Waals surface area (Å²) in [5, 5.41) is 17.7. The quantitative estimate of drug-likeness (QED) is 0.647. The van der Waals surface area contributed by atoms with Gasteiger partial charge in [-0.15, -0.1) is 0 Å². The second kappa shape index (κ2) is 7.48. The van der Waals surface area contributed by atoms with Crippen LogP contribution in [0.4, 0.5) is 0 Å². The van der Waals surface area contributed by atoms with Crippen LogP contribution in [0.25, 0.3) is 22.2 Å². The van der Waals surface area contributed by atoms with Crippen molar-refractivity contribution in [1.82, 2.24) is 20.0 Å². The summed E-state index contributed by atoms with van der Waals surface area (Å²) < 4.78 is 7.70. The molecule has 7 heteroatoms. The molecule has 164 valence electrons. The second-order valence-electron chi connectivity index (χ2n) is 9.48. The van der Waals surface area contributed by atoms with E-state index in [1.54, 1.807) is 0 Å². The van der Waals surface area contributed by atoms with Crippen LogP contribution < -0.4 is 5.32 Å². The number of imidazole rings is 1. The van der Waals surface area contributed by atoms with Crippen LogP contribution in [0.2, 0.25) is 0 Å². The van der Waals surface area contributed by atoms with Gasteiger partial charge in [-0.05, 0) is 77.0 Å². The number of carbonyl (C=O) groups is 1. The SMILES string of the molecule is Cc1noc(C)c1-c1ccc2c(c1)nc([C@@H]1CCCC(=O)N1)n2[C@H]1CC[C@](C)(O)CC1. The number of aromatic nitrogens is 3. The van der Waals surface area contributed by atoms with E-state index >= 15 is 0 Å². The number of aliphatic hydroxyl groups is 1. The Bertz CT molecular complexity index is 1110. The number of amides is 1. The fraction of sp³-hybridized carbons (Fsp3) is 0.542. The Morgan fingerprint density at radius 2 is 2.00 bits per heavy atom. The van der Waals surface area contributed by atoms with Gasteiger partial charge >= 0.3 is 0 Å². The molecule has 1 aliphatic heterocycles. The number of piperidine rings is 1. The van der Waals surface area contributed by atoms with Gasteiger partial charge in [-0.3, -0.25) is 4.79 Å². The Labute approximate surface area is 181 Å². The molecule has 2 aliphatic rings. The van der Waals surface area contributed by atoms with Crippen molar-refractivity contribution in [2.45, 2.75) is 83.4 Å². The normalized spacial score (nSPS) is 26.9. The van der Waals surface area contributed by atoms with Crippen molar-refractivity contribution in [2.75, 3.05) is 0 Å². The summed E-state index contributed by atoms with van der Waals surface area (Å²) in [6.45, 7) is 5.80. The van der Waals surface area contributed by atoms with Crippen LogP contribution in [0.15, 0.2) is 22.7 Å². The van der Waals surface area contributed by atoms with Crippen molar-refractivity contribution in [2.24, 2.45) is 0 Å². The maximum atomic E-state index is 12.1. The summed E-state index contributed by atoms with van der Waals surface area (Å²) in [4.78, 5) is 17.2. The van der Waals surface area contributed by atoms with Crippen LogP contribution in [0.3, 0.4) is 0 Å². The van der Waals surface area contributed by atoms with E-state index in [0.29, 0.717) is 6.42 Å². The van der Waals surface area contributed by atoms with Gasteiger partial charge in [0.1, 0.15) is 11.6 Å². The van der Waals surface area contributed by atoms with Gasteiger partial charge in [0.2, 0.25) is 5.91 Å². The van der Waals surface area contributed by atoms with Crippen molar-refractivity contribution in [1.29, 1.82) is 0 Å². The minimum Gasteiger partial charge on any atom is -0.390 e. The number of rotatable bonds is 3. The van der Waals surface area contributed by atoms with Crippen LogP contribution in [0.5, 0.6) is 0 Å². The molecular formula is C24H30N4O3. The lowest BCUT2D eigenvalue weighted by molar-refractivity contribution is -0.123. The van der Waals surface area contributed by atoms with Crippen molar-refractivity contribution < 1.29 is 14.4 Å². The summed E-state index contributed by atoms with van der Waals surface area (Å²) >= 11 is 0. The predicted octanol–water partition coefficient (Wildman–Crippen LogP) is 4.52. The first-order valence-corrected chi connectivity index (χ1v) is 11.3. The van der Waals surface area contributed by atoms with Crippen LogP contribution in [-0.4, -0.2) is 31.3 Å². The average Bonchev–Trinajstić information content (AvgIpc) is 3.27. The zero-order valence-corrected chi connectivity index (χ0v) is 18.4. The molecular weight excluding hydrogens is 392 g/mol. The summed E-state index contributed by atoms with van der Waals surface area (Å²) in [6, 6.07) is 6.54. The molecule has 3 aromatic rings. The Morgan fingerprint density at radius 1 is 1.23 bits per heavy atom. The molecule has 2 aromatic heterocycles. The van der Waals surface area contributed by atoms with E-state index in [1.165, 1.54) is 0 Å². The van der Waals surface area contributed by atoms with E-state index in [1.807, 2.05) is 20.8 Å². The molecule has 0 spiro atoms. The van der Waals surface area contributed by atoms with Crippen LogP contribution in [0.1, 0.15) is 81.2 Å². The molecule has 0 bridgehead atoms. The molecule has 1 atom stereocenters. The standard InChI is InChI=1S/C24H30N4O3/c1-14-22(15(2)31-27-14)16-7-8-20-19(13-16)26-23(18-5-4-6-21(29)25-18)28(20)17-9-11-24(3,30)12-10-17/h7-8,13,17-18,30H,4-6,9-12H2,1-3H3,(H,25,29)/t17-,18-,24-/m0/s1. The molecule has 1 amide bonds. The maximum Gasteiger partial charge on any atom is 0.220 e. The molecule has 1 aromatic carbocycles. The van der Waals surface area contributed by atoms with Gasteiger partial charge in [0.05, 0.1) is 28.4 Å². The third-order valence-electron chi connectivity index (χ3n) is 6.98. The summed E-state index contributed by atoms with van der Waals surface area (Å²) in [5.41, 5.74) is 4.33. The van der Waals surface area contributed by atoms with Crippen LogP contribution in [-0.2, 0) is 4.79 Å². The minimum absolute atomic E-state index is 0.0707. The highest BCUT2D eigenvalue weighted by Crippen LogP contribution is 2.40. The summed E-state index contributed by atoms with van der Waals surface area (Å²) in [7, 11) is 0. The highest BCUT2D eigenvalue weighted by Gasteiger charge is 2.33. The third kappa shape index (κ3) is 3.65. The van der Waals surface area contributed by atoms with E-state index in [-0.39, 0.29) is 18.0 Å². The van der Waals surface area contributed by atoms with Gasteiger partial charge in [-0.2, -0.15) is 0 Å².